The predicted molar refractivity (Wildman–Crippen MR) is 87.7 cm³/mol. The van der Waals surface area contributed by atoms with Gasteiger partial charge in [-0.2, -0.15) is 0 Å². The van der Waals surface area contributed by atoms with Crippen LogP contribution in [0.2, 0.25) is 0 Å². The second kappa shape index (κ2) is 6.59. The molecule has 5 heteroatoms. The number of nitrogens with two attached hydrogens (primary N) is 1. The summed E-state index contributed by atoms with van der Waals surface area (Å²) < 4.78 is 0.983. The van der Waals surface area contributed by atoms with E-state index in [-0.39, 0.29) is 12.1 Å². The molecular weight excluding hydrogens is 318 g/mol. The molecule has 0 saturated heterocycles. The molecule has 4 nitrogen and oxygen atoms in total. The fraction of sp³-hybridized carbons (Fsp3) is 0.533. The number of hydrogen-bond acceptors (Lipinski definition) is 2. The van der Waals surface area contributed by atoms with E-state index in [1.54, 1.807) is 0 Å². The molecule has 0 aromatic heterocycles. The van der Waals surface area contributed by atoms with Gasteiger partial charge >= 0.3 is 0 Å². The Morgan fingerprint density at radius 1 is 1.30 bits per heavy atom. The number of benzene rings is 1. The average molecular weight is 342 g/mol. The molecule has 1 rings (SSSR count). The summed E-state index contributed by atoms with van der Waals surface area (Å²) in [5.74, 6) is 0.349. The van der Waals surface area contributed by atoms with Crippen LogP contribution >= 0.6 is 15.9 Å². The lowest BCUT2D eigenvalue weighted by Gasteiger charge is -2.27. The largest absolute Gasteiger partial charge is 0.383 e. The Bertz CT molecular complexity index is 465. The van der Waals surface area contributed by atoms with Gasteiger partial charge in [0, 0.05) is 10.0 Å². The van der Waals surface area contributed by atoms with Crippen molar-refractivity contribution in [2.45, 2.75) is 45.3 Å². The van der Waals surface area contributed by atoms with Gasteiger partial charge in [-0.05, 0) is 44.9 Å². The molecule has 0 aliphatic rings. The van der Waals surface area contributed by atoms with Gasteiger partial charge in [-0.15, -0.1) is 0 Å². The van der Waals surface area contributed by atoms with Gasteiger partial charge in [-0.1, -0.05) is 35.0 Å². The maximum Gasteiger partial charge on any atom is 0.189 e. The summed E-state index contributed by atoms with van der Waals surface area (Å²) in [5, 5.41) is 13.8. The predicted octanol–water partition coefficient (Wildman–Crippen LogP) is 2.75. The maximum absolute atomic E-state index is 10.7. The molecule has 0 amide bonds. The Labute approximate surface area is 129 Å². The third-order valence-corrected chi connectivity index (χ3v) is 3.51. The summed E-state index contributed by atoms with van der Waals surface area (Å²) in [6.45, 7) is 8.20. The van der Waals surface area contributed by atoms with E-state index in [0.717, 1.165) is 10.0 Å². The molecule has 0 fully saturated rings. The number of nitrogens with zero attached hydrogens (tertiary/aromatic N) is 1. The highest BCUT2D eigenvalue weighted by Crippen LogP contribution is 2.26. The normalized spacial score (nSPS) is 15.8. The molecule has 0 saturated carbocycles. The van der Waals surface area contributed by atoms with Gasteiger partial charge in [0.15, 0.2) is 5.96 Å². The van der Waals surface area contributed by atoms with Crippen molar-refractivity contribution in [3.8, 4) is 0 Å². The molecule has 0 aliphatic heterocycles. The lowest BCUT2D eigenvalue weighted by molar-refractivity contribution is 0.0423. The number of halogens is 1. The Morgan fingerprint density at radius 3 is 2.30 bits per heavy atom. The second-order valence-corrected chi connectivity index (χ2v) is 6.88. The van der Waals surface area contributed by atoms with Crippen LogP contribution in [0.3, 0.4) is 0 Å². The van der Waals surface area contributed by atoms with E-state index < -0.39 is 5.60 Å². The highest BCUT2D eigenvalue weighted by molar-refractivity contribution is 9.10. The molecule has 0 heterocycles. The van der Waals surface area contributed by atoms with Crippen molar-refractivity contribution in [3.05, 3.63) is 34.3 Å². The number of hydrogen-bond donors (Lipinski definition) is 3. The standard InChI is InChI=1S/C15H24BrN3O/c1-5-15(20,11-6-8-12(16)9-7-11)10-18-13(17)19-14(2,3)4/h6-9,20H,5,10H2,1-4H3,(H3,17,18,19). The van der Waals surface area contributed by atoms with E-state index in [9.17, 15) is 5.11 Å². The Kier molecular flexibility index (Phi) is 5.59. The lowest BCUT2D eigenvalue weighted by Crippen LogP contribution is -2.45. The van der Waals surface area contributed by atoms with Crippen molar-refractivity contribution in [3.63, 3.8) is 0 Å². The van der Waals surface area contributed by atoms with Gasteiger partial charge in [0.05, 0.1) is 6.54 Å². The smallest absolute Gasteiger partial charge is 0.189 e. The number of rotatable bonds is 4. The van der Waals surface area contributed by atoms with Crippen LogP contribution in [0, 0.1) is 0 Å². The van der Waals surface area contributed by atoms with E-state index in [1.165, 1.54) is 0 Å². The summed E-state index contributed by atoms with van der Waals surface area (Å²) in [4.78, 5) is 4.27. The van der Waals surface area contributed by atoms with E-state index in [2.05, 4.69) is 26.2 Å². The first kappa shape index (κ1) is 17.0. The van der Waals surface area contributed by atoms with Gasteiger partial charge in [0.2, 0.25) is 0 Å². The molecular formula is C15H24BrN3O. The molecule has 112 valence electrons. The van der Waals surface area contributed by atoms with Crippen LogP contribution in [-0.4, -0.2) is 23.1 Å². The van der Waals surface area contributed by atoms with Gasteiger partial charge < -0.3 is 16.2 Å². The second-order valence-electron chi connectivity index (χ2n) is 5.97. The molecule has 0 spiro atoms. The number of aliphatic imine (C=N–C) groups is 1. The van der Waals surface area contributed by atoms with Crippen LogP contribution in [0.15, 0.2) is 33.7 Å². The third kappa shape index (κ3) is 5.13. The Hall–Kier alpha value is -1.07. The van der Waals surface area contributed by atoms with Crippen molar-refractivity contribution in [2.24, 2.45) is 10.7 Å². The van der Waals surface area contributed by atoms with Crippen molar-refractivity contribution in [1.29, 1.82) is 0 Å². The van der Waals surface area contributed by atoms with Crippen molar-refractivity contribution in [2.75, 3.05) is 6.54 Å². The molecule has 0 aliphatic carbocycles. The van der Waals surface area contributed by atoms with Crippen LogP contribution in [0.5, 0.6) is 0 Å². The summed E-state index contributed by atoms with van der Waals surface area (Å²) in [6.07, 6.45) is 0.570. The minimum atomic E-state index is -0.995. The molecule has 1 unspecified atom stereocenters. The monoisotopic (exact) mass is 341 g/mol. The van der Waals surface area contributed by atoms with Gasteiger partial charge in [-0.25, -0.2) is 0 Å². The molecule has 1 aromatic rings. The average Bonchev–Trinajstić information content (AvgIpc) is 2.35. The molecule has 0 bridgehead atoms. The third-order valence-electron chi connectivity index (χ3n) is 2.98. The van der Waals surface area contributed by atoms with Crippen LogP contribution in [0.25, 0.3) is 0 Å². The zero-order valence-corrected chi connectivity index (χ0v) is 14.2. The van der Waals surface area contributed by atoms with E-state index in [4.69, 9.17) is 5.73 Å². The fourth-order valence-corrected chi connectivity index (χ4v) is 2.07. The van der Waals surface area contributed by atoms with Crippen LogP contribution < -0.4 is 11.1 Å². The van der Waals surface area contributed by atoms with Crippen LogP contribution in [-0.2, 0) is 5.60 Å². The van der Waals surface area contributed by atoms with Crippen molar-refractivity contribution in [1.82, 2.24) is 5.32 Å². The molecule has 4 N–H and O–H groups in total. The molecule has 20 heavy (non-hydrogen) atoms. The summed E-state index contributed by atoms with van der Waals surface area (Å²) >= 11 is 3.39. The first-order valence-corrected chi connectivity index (χ1v) is 7.52. The highest BCUT2D eigenvalue weighted by atomic mass is 79.9. The van der Waals surface area contributed by atoms with Gasteiger partial charge in [0.1, 0.15) is 5.60 Å². The first-order valence-electron chi connectivity index (χ1n) is 6.73. The number of guanidine groups is 1. The summed E-state index contributed by atoms with van der Waals surface area (Å²) in [5.41, 5.74) is 5.55. The first-order chi connectivity index (χ1) is 9.16. The summed E-state index contributed by atoms with van der Waals surface area (Å²) in [6, 6.07) is 7.62. The molecule has 1 atom stereocenters. The minimum absolute atomic E-state index is 0.143. The fourth-order valence-electron chi connectivity index (χ4n) is 1.81. The number of nitrogens with one attached hydrogen (secondary N) is 1. The lowest BCUT2D eigenvalue weighted by atomic mass is 9.91. The molecule has 1 aromatic carbocycles. The van der Waals surface area contributed by atoms with Crippen LogP contribution in [0.1, 0.15) is 39.7 Å². The SMILES string of the molecule is CCC(O)(CN=C(N)NC(C)(C)C)c1ccc(Br)cc1. The summed E-state index contributed by atoms with van der Waals surface area (Å²) in [7, 11) is 0. The van der Waals surface area contributed by atoms with Gasteiger partial charge in [0.25, 0.3) is 0 Å². The highest BCUT2D eigenvalue weighted by Gasteiger charge is 2.27. The maximum atomic E-state index is 10.7. The Balaban J connectivity index is 2.85. The zero-order valence-electron chi connectivity index (χ0n) is 12.6. The van der Waals surface area contributed by atoms with Gasteiger partial charge in [-0.3, -0.25) is 4.99 Å². The van der Waals surface area contributed by atoms with Crippen LogP contribution in [0.4, 0.5) is 0 Å². The van der Waals surface area contributed by atoms with E-state index in [1.807, 2.05) is 52.0 Å². The van der Waals surface area contributed by atoms with Crippen molar-refractivity contribution < 1.29 is 5.11 Å². The Morgan fingerprint density at radius 2 is 1.85 bits per heavy atom. The minimum Gasteiger partial charge on any atom is -0.383 e. The zero-order chi connectivity index (χ0) is 15.4. The number of aliphatic hydroxyl groups is 1. The van der Waals surface area contributed by atoms with Crippen molar-refractivity contribution >= 4 is 21.9 Å². The quantitative estimate of drug-likeness (QED) is 0.582. The van der Waals surface area contributed by atoms with E-state index >= 15 is 0 Å². The van der Waals surface area contributed by atoms with E-state index in [0.29, 0.717) is 12.4 Å². The molecule has 0 radical (unpaired) electrons. The topological polar surface area (TPSA) is 70.6 Å².